The van der Waals surface area contributed by atoms with Crippen molar-refractivity contribution >= 4 is 0 Å². The Morgan fingerprint density at radius 2 is 1.25 bits per heavy atom. The molecule has 2 aromatic rings. The maximum absolute atomic E-state index is 3.87. The number of rotatable bonds is 4. The summed E-state index contributed by atoms with van der Waals surface area (Å²) in [6.07, 6.45) is 3.06. The first kappa shape index (κ1) is 10.9. The lowest BCUT2D eigenvalue weighted by Gasteiger charge is -2.03. The Bertz CT molecular complexity index is 412. The second kappa shape index (κ2) is 5.50. The van der Waals surface area contributed by atoms with Crippen LogP contribution in [0.25, 0.3) is 0 Å². The van der Waals surface area contributed by atoms with Crippen molar-refractivity contribution in [3.63, 3.8) is 0 Å². The van der Waals surface area contributed by atoms with E-state index in [4.69, 9.17) is 0 Å². The smallest absolute Gasteiger partial charge is 0.00258 e. The molecule has 0 saturated heterocycles. The highest BCUT2D eigenvalue weighted by molar-refractivity contribution is 5.28. The van der Waals surface area contributed by atoms with Crippen LogP contribution < -0.4 is 0 Å². The van der Waals surface area contributed by atoms with Gasteiger partial charge in [-0.1, -0.05) is 61.5 Å². The van der Waals surface area contributed by atoms with Crippen LogP contribution in [0.15, 0.2) is 54.6 Å². The van der Waals surface area contributed by atoms with Crippen LogP contribution in [0.1, 0.15) is 23.1 Å². The summed E-state index contributed by atoms with van der Waals surface area (Å²) < 4.78 is 0. The van der Waals surface area contributed by atoms with Crippen LogP contribution >= 0.6 is 0 Å². The van der Waals surface area contributed by atoms with Gasteiger partial charge in [-0.2, -0.15) is 0 Å². The lowest BCUT2D eigenvalue weighted by molar-refractivity contribution is 0.996. The zero-order chi connectivity index (χ0) is 11.2. The predicted molar refractivity (Wildman–Crippen MR) is 69.4 cm³/mol. The van der Waals surface area contributed by atoms with Crippen LogP contribution in [0.5, 0.6) is 0 Å². The van der Waals surface area contributed by atoms with E-state index in [2.05, 4.69) is 61.5 Å². The maximum atomic E-state index is 3.87. The summed E-state index contributed by atoms with van der Waals surface area (Å²) in [5.41, 5.74) is 4.12. The second-order valence-electron chi connectivity index (χ2n) is 4.08. The van der Waals surface area contributed by atoms with Crippen molar-refractivity contribution in [3.8, 4) is 0 Å². The molecule has 0 bridgehead atoms. The van der Waals surface area contributed by atoms with Crippen LogP contribution in [0, 0.1) is 6.92 Å². The van der Waals surface area contributed by atoms with E-state index in [1.807, 2.05) is 0 Å². The standard InChI is InChI=1S/C16H17/c1-2-6-14-9-11-16(12-10-14)13-15-7-4-3-5-8-15/h3-5,7-12H,1-2,6,13H2. The summed E-state index contributed by atoms with van der Waals surface area (Å²) in [6, 6.07) is 19.4. The van der Waals surface area contributed by atoms with Crippen molar-refractivity contribution < 1.29 is 0 Å². The molecule has 0 saturated carbocycles. The van der Waals surface area contributed by atoms with Crippen molar-refractivity contribution in [3.05, 3.63) is 78.2 Å². The summed E-state index contributed by atoms with van der Waals surface area (Å²) in [4.78, 5) is 0. The lowest BCUT2D eigenvalue weighted by Crippen LogP contribution is -1.89. The van der Waals surface area contributed by atoms with Crippen molar-refractivity contribution in [1.82, 2.24) is 0 Å². The number of hydrogen-bond acceptors (Lipinski definition) is 0. The Balaban J connectivity index is 2.05. The molecule has 0 aromatic heterocycles. The van der Waals surface area contributed by atoms with E-state index >= 15 is 0 Å². The highest BCUT2D eigenvalue weighted by Crippen LogP contribution is 2.11. The zero-order valence-corrected chi connectivity index (χ0v) is 9.52. The quantitative estimate of drug-likeness (QED) is 0.712. The van der Waals surface area contributed by atoms with E-state index in [9.17, 15) is 0 Å². The van der Waals surface area contributed by atoms with Gasteiger partial charge in [-0.05, 0) is 36.0 Å². The number of aryl methyl sites for hydroxylation is 1. The van der Waals surface area contributed by atoms with Crippen LogP contribution in [0.3, 0.4) is 0 Å². The summed E-state index contributed by atoms with van der Waals surface area (Å²) in [5, 5.41) is 0. The molecule has 0 amide bonds. The largest absolute Gasteiger partial charge is 0.0622 e. The highest BCUT2D eigenvalue weighted by Gasteiger charge is 1.96. The van der Waals surface area contributed by atoms with E-state index in [1.54, 1.807) is 0 Å². The van der Waals surface area contributed by atoms with E-state index in [-0.39, 0.29) is 0 Å². The Morgan fingerprint density at radius 3 is 1.88 bits per heavy atom. The van der Waals surface area contributed by atoms with Gasteiger partial charge in [0, 0.05) is 0 Å². The fraction of sp³-hybridized carbons (Fsp3) is 0.188. The molecule has 0 aliphatic heterocycles. The third-order valence-electron chi connectivity index (χ3n) is 2.74. The summed E-state index contributed by atoms with van der Waals surface area (Å²) in [6.45, 7) is 3.87. The van der Waals surface area contributed by atoms with Gasteiger partial charge in [0.2, 0.25) is 0 Å². The van der Waals surface area contributed by atoms with Gasteiger partial charge in [0.05, 0.1) is 0 Å². The lowest BCUT2D eigenvalue weighted by atomic mass is 10.0. The molecule has 0 aliphatic rings. The van der Waals surface area contributed by atoms with Gasteiger partial charge in [-0.15, -0.1) is 0 Å². The van der Waals surface area contributed by atoms with Gasteiger partial charge in [0.25, 0.3) is 0 Å². The minimum Gasteiger partial charge on any atom is -0.0622 e. The van der Waals surface area contributed by atoms with Gasteiger partial charge in [-0.3, -0.25) is 0 Å². The molecule has 0 fully saturated rings. The first-order valence-electron chi connectivity index (χ1n) is 5.79. The molecule has 0 spiro atoms. The molecule has 0 N–H and O–H groups in total. The van der Waals surface area contributed by atoms with Gasteiger partial charge < -0.3 is 0 Å². The zero-order valence-electron chi connectivity index (χ0n) is 9.52. The van der Waals surface area contributed by atoms with E-state index < -0.39 is 0 Å². The highest BCUT2D eigenvalue weighted by atomic mass is 14.0. The summed E-state index contributed by atoms with van der Waals surface area (Å²) >= 11 is 0. The fourth-order valence-corrected chi connectivity index (χ4v) is 1.86. The van der Waals surface area contributed by atoms with Gasteiger partial charge >= 0.3 is 0 Å². The third kappa shape index (κ3) is 2.96. The molecule has 0 heterocycles. The SMILES string of the molecule is [CH2]CCc1ccc(Cc2ccccc2)cc1. The number of benzene rings is 2. The molecule has 0 unspecified atom stereocenters. The fourth-order valence-electron chi connectivity index (χ4n) is 1.86. The molecule has 2 aromatic carbocycles. The molecular weight excluding hydrogens is 192 g/mol. The Kier molecular flexibility index (Phi) is 3.76. The Morgan fingerprint density at radius 1 is 0.688 bits per heavy atom. The minimum absolute atomic E-state index is 0.970. The maximum Gasteiger partial charge on any atom is -0.00258 e. The van der Waals surface area contributed by atoms with E-state index in [0.717, 1.165) is 19.3 Å². The molecule has 0 aliphatic carbocycles. The van der Waals surface area contributed by atoms with Gasteiger partial charge in [-0.25, -0.2) is 0 Å². The Labute approximate surface area is 97.9 Å². The summed E-state index contributed by atoms with van der Waals surface area (Å²) in [7, 11) is 0. The third-order valence-corrected chi connectivity index (χ3v) is 2.74. The molecule has 81 valence electrons. The van der Waals surface area contributed by atoms with Crippen LogP contribution in [-0.2, 0) is 12.8 Å². The molecule has 0 atom stereocenters. The van der Waals surface area contributed by atoms with Crippen LogP contribution in [0.2, 0.25) is 0 Å². The van der Waals surface area contributed by atoms with Crippen molar-refractivity contribution in [2.45, 2.75) is 19.3 Å². The van der Waals surface area contributed by atoms with E-state index in [0.29, 0.717) is 0 Å². The van der Waals surface area contributed by atoms with E-state index in [1.165, 1.54) is 16.7 Å². The van der Waals surface area contributed by atoms with Crippen LogP contribution in [0.4, 0.5) is 0 Å². The van der Waals surface area contributed by atoms with Gasteiger partial charge in [0.15, 0.2) is 0 Å². The number of hydrogen-bond donors (Lipinski definition) is 0. The van der Waals surface area contributed by atoms with Crippen molar-refractivity contribution in [2.75, 3.05) is 0 Å². The average Bonchev–Trinajstić information content (AvgIpc) is 2.33. The first-order chi connectivity index (χ1) is 7.88. The molecule has 2 rings (SSSR count). The monoisotopic (exact) mass is 209 g/mol. The Hall–Kier alpha value is -1.56. The van der Waals surface area contributed by atoms with Crippen molar-refractivity contribution in [1.29, 1.82) is 0 Å². The normalized spacial score (nSPS) is 10.3. The molecule has 0 heteroatoms. The second-order valence-corrected chi connectivity index (χ2v) is 4.08. The first-order valence-corrected chi connectivity index (χ1v) is 5.79. The van der Waals surface area contributed by atoms with Gasteiger partial charge in [0.1, 0.15) is 0 Å². The summed E-state index contributed by atoms with van der Waals surface area (Å²) in [5.74, 6) is 0. The minimum atomic E-state index is 0.970. The van der Waals surface area contributed by atoms with Crippen molar-refractivity contribution in [2.24, 2.45) is 0 Å². The molecule has 0 nitrogen and oxygen atoms in total. The van der Waals surface area contributed by atoms with Crippen LogP contribution in [-0.4, -0.2) is 0 Å². The topological polar surface area (TPSA) is 0 Å². The predicted octanol–water partition coefficient (Wildman–Crippen LogP) is 4.04. The molecule has 16 heavy (non-hydrogen) atoms. The molecule has 1 radical (unpaired) electrons. The average molecular weight is 209 g/mol. The molecular formula is C16H17.